The zero-order chi connectivity index (χ0) is 21.5. The Labute approximate surface area is 185 Å². The van der Waals surface area contributed by atoms with Gasteiger partial charge < -0.3 is 9.80 Å². The molecule has 0 saturated carbocycles. The fourth-order valence-corrected chi connectivity index (χ4v) is 5.10. The quantitative estimate of drug-likeness (QED) is 0.483. The van der Waals surface area contributed by atoms with Crippen molar-refractivity contribution in [2.45, 2.75) is 20.8 Å². The Balaban J connectivity index is 1.35. The third-order valence-corrected chi connectivity index (χ3v) is 6.94. The van der Waals surface area contributed by atoms with E-state index in [0.29, 0.717) is 13.1 Å². The molecule has 0 unspecified atom stereocenters. The Morgan fingerprint density at radius 3 is 2.35 bits per heavy atom. The predicted octanol–water partition coefficient (Wildman–Crippen LogP) is 4.37. The van der Waals surface area contributed by atoms with Crippen molar-refractivity contribution in [3.8, 4) is 5.69 Å². The van der Waals surface area contributed by atoms with E-state index in [0.717, 1.165) is 51.1 Å². The summed E-state index contributed by atoms with van der Waals surface area (Å²) < 4.78 is 3.06. The van der Waals surface area contributed by atoms with Gasteiger partial charge in [-0.3, -0.25) is 4.79 Å². The highest BCUT2D eigenvalue weighted by molar-refractivity contribution is 7.22. The lowest BCUT2D eigenvalue weighted by molar-refractivity contribution is 0.0746. The number of fused-ring (bicyclic) bond motifs is 1. The number of hydrogen-bond acceptors (Lipinski definition) is 5. The summed E-state index contributed by atoms with van der Waals surface area (Å²) in [6.45, 7) is 9.10. The number of amides is 1. The van der Waals surface area contributed by atoms with Crippen molar-refractivity contribution in [3.05, 3.63) is 70.9 Å². The number of hydrogen-bond donors (Lipinski definition) is 0. The van der Waals surface area contributed by atoms with Gasteiger partial charge in [0.1, 0.15) is 0 Å². The summed E-state index contributed by atoms with van der Waals surface area (Å²) in [5, 5.41) is 5.72. The van der Waals surface area contributed by atoms with Crippen LogP contribution >= 0.6 is 11.3 Å². The van der Waals surface area contributed by atoms with E-state index in [1.165, 1.54) is 5.56 Å². The van der Waals surface area contributed by atoms with E-state index >= 15 is 0 Å². The molecule has 7 heteroatoms. The first-order chi connectivity index (χ1) is 15.0. The summed E-state index contributed by atoms with van der Waals surface area (Å²) in [4.78, 5) is 22.0. The van der Waals surface area contributed by atoms with Gasteiger partial charge in [-0.05, 0) is 50.6 Å². The van der Waals surface area contributed by atoms with E-state index in [9.17, 15) is 4.79 Å². The van der Waals surface area contributed by atoms with Crippen LogP contribution in [-0.4, -0.2) is 51.8 Å². The van der Waals surface area contributed by atoms with Crippen LogP contribution in [0.4, 0.5) is 5.13 Å². The second-order valence-corrected chi connectivity index (χ2v) is 9.11. The Hall–Kier alpha value is -3.19. The molecule has 31 heavy (non-hydrogen) atoms. The van der Waals surface area contributed by atoms with Crippen LogP contribution in [0.2, 0.25) is 0 Å². The first-order valence-electron chi connectivity index (χ1n) is 10.5. The molecule has 1 fully saturated rings. The summed E-state index contributed by atoms with van der Waals surface area (Å²) in [7, 11) is 0. The SMILES string of the molecule is Cc1cccc(C(=O)N2CCN(c3nc4c(s3)c(C)nn4-c3cccc(C)c3)CC2)c1. The third kappa shape index (κ3) is 3.70. The van der Waals surface area contributed by atoms with Gasteiger partial charge in [0.15, 0.2) is 10.8 Å². The number of carbonyl (C=O) groups excluding carboxylic acids is 1. The van der Waals surface area contributed by atoms with Crippen molar-refractivity contribution in [1.29, 1.82) is 0 Å². The van der Waals surface area contributed by atoms with E-state index in [4.69, 9.17) is 10.1 Å². The van der Waals surface area contributed by atoms with Crippen LogP contribution in [0.5, 0.6) is 0 Å². The average molecular weight is 432 g/mol. The Bertz CT molecular complexity index is 1270. The van der Waals surface area contributed by atoms with Gasteiger partial charge in [-0.25, -0.2) is 4.68 Å². The molecular weight excluding hydrogens is 406 g/mol. The van der Waals surface area contributed by atoms with Crippen LogP contribution in [0, 0.1) is 20.8 Å². The van der Waals surface area contributed by atoms with Gasteiger partial charge in [-0.2, -0.15) is 10.1 Å². The number of aromatic nitrogens is 3. The van der Waals surface area contributed by atoms with Crippen molar-refractivity contribution in [3.63, 3.8) is 0 Å². The standard InChI is InChI=1S/C24H25N5OS/c1-16-6-4-8-19(14-16)23(30)27-10-12-28(13-11-27)24-25-22-21(31-24)18(3)26-29(22)20-9-5-7-17(2)15-20/h4-9,14-15H,10-13H2,1-3H3. The monoisotopic (exact) mass is 431 g/mol. The molecule has 158 valence electrons. The normalized spacial score (nSPS) is 14.4. The van der Waals surface area contributed by atoms with Gasteiger partial charge >= 0.3 is 0 Å². The van der Waals surface area contributed by atoms with Crippen LogP contribution in [0.3, 0.4) is 0 Å². The highest BCUT2D eigenvalue weighted by Crippen LogP contribution is 2.33. The molecule has 2 aromatic heterocycles. The van der Waals surface area contributed by atoms with Gasteiger partial charge in [0, 0.05) is 31.7 Å². The van der Waals surface area contributed by atoms with Crippen molar-refractivity contribution >= 4 is 32.7 Å². The second-order valence-electron chi connectivity index (χ2n) is 8.13. The average Bonchev–Trinajstić information content (AvgIpc) is 3.34. The Kier molecular flexibility index (Phi) is 4.98. The summed E-state index contributed by atoms with van der Waals surface area (Å²) in [6.07, 6.45) is 0. The van der Waals surface area contributed by atoms with Gasteiger partial charge in [-0.15, -0.1) is 0 Å². The van der Waals surface area contributed by atoms with E-state index in [-0.39, 0.29) is 5.91 Å². The third-order valence-electron chi connectivity index (χ3n) is 5.73. The van der Waals surface area contributed by atoms with E-state index < -0.39 is 0 Å². The minimum absolute atomic E-state index is 0.110. The molecule has 1 aliphatic heterocycles. The molecule has 0 N–H and O–H groups in total. The van der Waals surface area contributed by atoms with Crippen LogP contribution in [-0.2, 0) is 0 Å². The maximum absolute atomic E-state index is 12.9. The topological polar surface area (TPSA) is 54.3 Å². The smallest absolute Gasteiger partial charge is 0.253 e. The minimum atomic E-state index is 0.110. The molecule has 1 saturated heterocycles. The fourth-order valence-electron chi connectivity index (χ4n) is 4.06. The Morgan fingerprint density at radius 2 is 1.65 bits per heavy atom. The highest BCUT2D eigenvalue weighted by Gasteiger charge is 2.25. The van der Waals surface area contributed by atoms with Crippen molar-refractivity contribution in [1.82, 2.24) is 19.7 Å². The lowest BCUT2D eigenvalue weighted by Crippen LogP contribution is -2.48. The molecule has 1 amide bonds. The maximum atomic E-state index is 12.9. The molecular formula is C24H25N5OS. The zero-order valence-corrected chi connectivity index (χ0v) is 18.8. The van der Waals surface area contributed by atoms with Crippen LogP contribution in [0.25, 0.3) is 16.0 Å². The second kappa shape index (κ2) is 7.81. The molecule has 0 atom stereocenters. The largest absolute Gasteiger partial charge is 0.344 e. The first-order valence-corrected chi connectivity index (χ1v) is 11.4. The van der Waals surface area contributed by atoms with E-state index in [2.05, 4.69) is 30.0 Å². The number of aryl methyl sites for hydroxylation is 3. The van der Waals surface area contributed by atoms with Crippen molar-refractivity contribution in [2.75, 3.05) is 31.1 Å². The first kappa shape index (κ1) is 19.8. The summed E-state index contributed by atoms with van der Waals surface area (Å²) in [6, 6.07) is 16.1. The number of thiazole rings is 1. The highest BCUT2D eigenvalue weighted by atomic mass is 32.1. The molecule has 0 bridgehead atoms. The van der Waals surface area contributed by atoms with Crippen molar-refractivity contribution < 1.29 is 4.79 Å². The predicted molar refractivity (Wildman–Crippen MR) is 126 cm³/mol. The van der Waals surface area contributed by atoms with Gasteiger partial charge in [0.25, 0.3) is 5.91 Å². The summed E-state index contributed by atoms with van der Waals surface area (Å²) in [5.41, 5.74) is 6.00. The van der Waals surface area contributed by atoms with Crippen LogP contribution in [0.1, 0.15) is 27.2 Å². The number of piperazine rings is 1. The van der Waals surface area contributed by atoms with Gasteiger partial charge in [-0.1, -0.05) is 41.2 Å². The maximum Gasteiger partial charge on any atom is 0.253 e. The summed E-state index contributed by atoms with van der Waals surface area (Å²) >= 11 is 1.69. The molecule has 0 radical (unpaired) electrons. The molecule has 3 heterocycles. The zero-order valence-electron chi connectivity index (χ0n) is 18.0. The number of carbonyl (C=O) groups is 1. The molecule has 1 aliphatic rings. The number of rotatable bonds is 3. The summed E-state index contributed by atoms with van der Waals surface area (Å²) in [5.74, 6) is 0.110. The molecule has 5 rings (SSSR count). The van der Waals surface area contributed by atoms with Crippen LogP contribution in [0.15, 0.2) is 48.5 Å². The molecule has 6 nitrogen and oxygen atoms in total. The van der Waals surface area contributed by atoms with Crippen LogP contribution < -0.4 is 4.90 Å². The fraction of sp³-hybridized carbons (Fsp3) is 0.292. The lowest BCUT2D eigenvalue weighted by Gasteiger charge is -2.34. The number of nitrogens with zero attached hydrogens (tertiary/aromatic N) is 5. The number of anilines is 1. The lowest BCUT2D eigenvalue weighted by atomic mass is 10.1. The van der Waals surface area contributed by atoms with E-state index in [1.807, 2.05) is 53.8 Å². The number of benzene rings is 2. The molecule has 4 aromatic rings. The molecule has 2 aromatic carbocycles. The Morgan fingerprint density at radius 1 is 0.935 bits per heavy atom. The van der Waals surface area contributed by atoms with Crippen molar-refractivity contribution in [2.24, 2.45) is 0 Å². The molecule has 0 spiro atoms. The van der Waals surface area contributed by atoms with E-state index in [1.54, 1.807) is 11.3 Å². The minimum Gasteiger partial charge on any atom is -0.344 e. The van der Waals surface area contributed by atoms with Gasteiger partial charge in [0.05, 0.1) is 16.1 Å². The molecule has 0 aliphatic carbocycles. The van der Waals surface area contributed by atoms with Gasteiger partial charge in [0.2, 0.25) is 0 Å².